The van der Waals surface area contributed by atoms with Crippen molar-refractivity contribution in [2.45, 2.75) is 19.4 Å². The normalized spacial score (nSPS) is 11.6. The van der Waals surface area contributed by atoms with E-state index in [1.54, 1.807) is 28.1 Å². The van der Waals surface area contributed by atoms with Crippen LogP contribution in [0, 0.1) is 0 Å². The highest BCUT2D eigenvalue weighted by Gasteiger charge is 2.24. The lowest BCUT2D eigenvalue weighted by Gasteiger charge is -2.23. The minimum absolute atomic E-state index is 0.684. The molecule has 1 N–H and O–H groups in total. The maximum absolute atomic E-state index is 10.3. The molecule has 0 aromatic heterocycles. The summed E-state index contributed by atoms with van der Waals surface area (Å²) in [6.45, 7) is 3.51. The Labute approximate surface area is 107 Å². The summed E-state index contributed by atoms with van der Waals surface area (Å²) in [7, 11) is 3.24. The molecule has 2 aromatic rings. The third-order valence-electron chi connectivity index (χ3n) is 3.02. The van der Waals surface area contributed by atoms with Gasteiger partial charge in [-0.15, -0.1) is 0 Å². The second-order valence-corrected chi connectivity index (χ2v) is 4.79. The average molecular weight is 246 g/mol. The van der Waals surface area contributed by atoms with Gasteiger partial charge in [-0.2, -0.15) is 0 Å². The first-order valence-electron chi connectivity index (χ1n) is 5.85. The number of ether oxygens (including phenoxy) is 2. The van der Waals surface area contributed by atoms with Crippen molar-refractivity contribution in [3.8, 4) is 11.5 Å². The number of hydrogen-bond acceptors (Lipinski definition) is 3. The third kappa shape index (κ3) is 2.14. The Morgan fingerprint density at radius 2 is 1.67 bits per heavy atom. The van der Waals surface area contributed by atoms with Gasteiger partial charge in [-0.25, -0.2) is 0 Å². The van der Waals surface area contributed by atoms with Gasteiger partial charge in [0.15, 0.2) is 0 Å². The van der Waals surface area contributed by atoms with Crippen LogP contribution < -0.4 is 9.47 Å². The lowest BCUT2D eigenvalue weighted by atomic mass is 9.91. The summed E-state index contributed by atoms with van der Waals surface area (Å²) in [5.41, 5.74) is -0.196. The molecule has 0 spiro atoms. The zero-order valence-electron chi connectivity index (χ0n) is 11.2. The van der Waals surface area contributed by atoms with Gasteiger partial charge < -0.3 is 14.6 Å². The molecule has 0 radical (unpaired) electrons. The second-order valence-electron chi connectivity index (χ2n) is 4.79. The minimum atomic E-state index is -0.975. The van der Waals surface area contributed by atoms with Crippen molar-refractivity contribution in [1.82, 2.24) is 0 Å². The molecule has 0 heterocycles. The number of hydrogen-bond donors (Lipinski definition) is 1. The van der Waals surface area contributed by atoms with Crippen LogP contribution in [0.25, 0.3) is 10.8 Å². The van der Waals surface area contributed by atoms with E-state index in [1.807, 2.05) is 30.3 Å². The summed E-state index contributed by atoms with van der Waals surface area (Å²) in [6, 6.07) is 9.65. The van der Waals surface area contributed by atoms with E-state index in [1.165, 1.54) is 0 Å². The first-order chi connectivity index (χ1) is 8.47. The van der Waals surface area contributed by atoms with E-state index in [0.29, 0.717) is 5.75 Å². The Balaban J connectivity index is 2.83. The van der Waals surface area contributed by atoms with Gasteiger partial charge in [0, 0.05) is 5.56 Å². The van der Waals surface area contributed by atoms with Gasteiger partial charge in [0.05, 0.1) is 19.8 Å². The van der Waals surface area contributed by atoms with E-state index >= 15 is 0 Å². The van der Waals surface area contributed by atoms with E-state index in [9.17, 15) is 5.11 Å². The molecule has 0 bridgehead atoms. The molecule has 0 fully saturated rings. The lowest BCUT2D eigenvalue weighted by Crippen LogP contribution is -2.17. The molecule has 3 heteroatoms. The van der Waals surface area contributed by atoms with Crippen molar-refractivity contribution in [3.63, 3.8) is 0 Å². The quantitative estimate of drug-likeness (QED) is 0.904. The van der Waals surface area contributed by atoms with E-state index < -0.39 is 5.60 Å². The van der Waals surface area contributed by atoms with Crippen molar-refractivity contribution >= 4 is 10.8 Å². The molecule has 0 aliphatic rings. The van der Waals surface area contributed by atoms with E-state index in [0.717, 1.165) is 22.1 Å². The molecule has 18 heavy (non-hydrogen) atoms. The van der Waals surface area contributed by atoms with Crippen molar-refractivity contribution in [1.29, 1.82) is 0 Å². The Bertz CT molecular complexity index is 562. The van der Waals surface area contributed by atoms with E-state index in [2.05, 4.69) is 0 Å². The molecular weight excluding hydrogens is 228 g/mol. The second kappa shape index (κ2) is 4.50. The summed E-state index contributed by atoms with van der Waals surface area (Å²) in [5.74, 6) is 1.45. The fourth-order valence-corrected chi connectivity index (χ4v) is 2.21. The van der Waals surface area contributed by atoms with Crippen molar-refractivity contribution in [2.24, 2.45) is 0 Å². The van der Waals surface area contributed by atoms with Crippen LogP contribution in [0.4, 0.5) is 0 Å². The van der Waals surface area contributed by atoms with Gasteiger partial charge in [0.1, 0.15) is 11.5 Å². The van der Waals surface area contributed by atoms with Crippen LogP contribution in [0.2, 0.25) is 0 Å². The van der Waals surface area contributed by atoms with E-state index in [-0.39, 0.29) is 0 Å². The van der Waals surface area contributed by atoms with Gasteiger partial charge >= 0.3 is 0 Å². The van der Waals surface area contributed by atoms with Crippen LogP contribution >= 0.6 is 0 Å². The highest BCUT2D eigenvalue weighted by molar-refractivity contribution is 5.89. The number of methoxy groups -OCH3 is 2. The molecule has 3 nitrogen and oxygen atoms in total. The molecule has 2 aromatic carbocycles. The monoisotopic (exact) mass is 246 g/mol. The molecular formula is C15H18O3. The highest BCUT2D eigenvalue weighted by atomic mass is 16.5. The Morgan fingerprint density at radius 3 is 2.22 bits per heavy atom. The minimum Gasteiger partial charge on any atom is -0.497 e. The van der Waals surface area contributed by atoms with Crippen LogP contribution in [0.1, 0.15) is 19.4 Å². The molecule has 96 valence electrons. The summed E-state index contributed by atoms with van der Waals surface area (Å²) in [6.07, 6.45) is 0. The SMILES string of the molecule is COc1ccc2ccc(OC)c(C(C)(C)O)c2c1. The molecule has 0 saturated carbocycles. The Kier molecular flexibility index (Phi) is 3.18. The fourth-order valence-electron chi connectivity index (χ4n) is 2.21. The first kappa shape index (κ1) is 12.7. The first-order valence-corrected chi connectivity index (χ1v) is 5.85. The smallest absolute Gasteiger partial charge is 0.125 e. The third-order valence-corrected chi connectivity index (χ3v) is 3.02. The van der Waals surface area contributed by atoms with Crippen molar-refractivity contribution in [2.75, 3.05) is 14.2 Å². The molecule has 0 saturated heterocycles. The maximum Gasteiger partial charge on any atom is 0.125 e. The molecule has 0 amide bonds. The van der Waals surface area contributed by atoms with Crippen LogP contribution in [-0.4, -0.2) is 19.3 Å². The molecule has 0 aliphatic carbocycles. The van der Waals surface area contributed by atoms with Crippen LogP contribution in [0.15, 0.2) is 30.3 Å². The van der Waals surface area contributed by atoms with Gasteiger partial charge in [-0.05, 0) is 42.8 Å². The molecule has 0 aliphatic heterocycles. The average Bonchev–Trinajstić information content (AvgIpc) is 2.35. The topological polar surface area (TPSA) is 38.7 Å². The Hall–Kier alpha value is -1.74. The zero-order chi connectivity index (χ0) is 13.3. The molecule has 0 atom stereocenters. The molecule has 2 rings (SSSR count). The number of fused-ring (bicyclic) bond motifs is 1. The number of rotatable bonds is 3. The predicted octanol–water partition coefficient (Wildman–Crippen LogP) is 3.08. The summed E-state index contributed by atoms with van der Waals surface area (Å²) in [4.78, 5) is 0. The summed E-state index contributed by atoms with van der Waals surface area (Å²) < 4.78 is 10.6. The summed E-state index contributed by atoms with van der Waals surface area (Å²) in [5, 5.41) is 12.3. The maximum atomic E-state index is 10.3. The zero-order valence-corrected chi connectivity index (χ0v) is 11.2. The van der Waals surface area contributed by atoms with Gasteiger partial charge in [0.2, 0.25) is 0 Å². The molecule has 0 unspecified atom stereocenters. The van der Waals surface area contributed by atoms with Crippen LogP contribution in [0.5, 0.6) is 11.5 Å². The predicted molar refractivity (Wildman–Crippen MR) is 72.3 cm³/mol. The van der Waals surface area contributed by atoms with Gasteiger partial charge in [-0.1, -0.05) is 12.1 Å². The van der Waals surface area contributed by atoms with Crippen LogP contribution in [-0.2, 0) is 5.60 Å². The number of benzene rings is 2. The van der Waals surface area contributed by atoms with Gasteiger partial charge in [-0.3, -0.25) is 0 Å². The lowest BCUT2D eigenvalue weighted by molar-refractivity contribution is 0.0773. The summed E-state index contributed by atoms with van der Waals surface area (Å²) >= 11 is 0. The van der Waals surface area contributed by atoms with Crippen molar-refractivity contribution in [3.05, 3.63) is 35.9 Å². The highest BCUT2D eigenvalue weighted by Crippen LogP contribution is 2.37. The fraction of sp³-hybridized carbons (Fsp3) is 0.333. The largest absolute Gasteiger partial charge is 0.497 e. The van der Waals surface area contributed by atoms with E-state index in [4.69, 9.17) is 9.47 Å². The Morgan fingerprint density at radius 1 is 1.00 bits per heavy atom. The number of aliphatic hydroxyl groups is 1. The van der Waals surface area contributed by atoms with Gasteiger partial charge in [0.25, 0.3) is 0 Å². The van der Waals surface area contributed by atoms with Crippen molar-refractivity contribution < 1.29 is 14.6 Å². The standard InChI is InChI=1S/C15H18O3/c1-15(2,16)14-12-9-11(17-3)7-5-10(12)6-8-13(14)18-4/h5-9,16H,1-4H3. The van der Waals surface area contributed by atoms with Crippen LogP contribution in [0.3, 0.4) is 0 Å².